The first-order chi connectivity index (χ1) is 6.79. The fourth-order valence-corrected chi connectivity index (χ4v) is 2.07. The molecule has 1 heterocycles. The lowest BCUT2D eigenvalue weighted by atomic mass is 10.2. The summed E-state index contributed by atoms with van der Waals surface area (Å²) in [6, 6.07) is 9.67. The molecule has 1 aromatic heterocycles. The Morgan fingerprint density at radius 1 is 1.29 bits per heavy atom. The van der Waals surface area contributed by atoms with E-state index in [1.165, 1.54) is 11.5 Å². The van der Waals surface area contributed by atoms with Gasteiger partial charge >= 0.3 is 0 Å². The van der Waals surface area contributed by atoms with Crippen molar-refractivity contribution >= 4 is 23.1 Å². The van der Waals surface area contributed by atoms with Crippen molar-refractivity contribution in [1.82, 2.24) is 4.37 Å². The Morgan fingerprint density at radius 3 is 2.50 bits per heavy atom. The summed E-state index contributed by atoms with van der Waals surface area (Å²) >= 11 is 7.14. The molecule has 0 aliphatic heterocycles. The average molecular weight is 226 g/mol. The summed E-state index contributed by atoms with van der Waals surface area (Å²) in [4.78, 5) is 1.07. The molecule has 2 rings (SSSR count). The summed E-state index contributed by atoms with van der Waals surface area (Å²) in [5.41, 5.74) is 1.11. The standard InChI is InChI=1S/C10H8ClNOS/c1-13-8-4-2-7(3-5-8)9-6-10(11)12-14-9/h2-6H,1H3. The maximum atomic E-state index is 5.74. The van der Waals surface area contributed by atoms with Gasteiger partial charge in [0, 0.05) is 0 Å². The van der Waals surface area contributed by atoms with Crippen molar-refractivity contribution in [3.63, 3.8) is 0 Å². The average Bonchev–Trinajstić information content (AvgIpc) is 2.65. The minimum Gasteiger partial charge on any atom is -0.497 e. The Hall–Kier alpha value is -1.06. The fraction of sp³-hybridized carbons (Fsp3) is 0.100. The van der Waals surface area contributed by atoms with Crippen molar-refractivity contribution in [2.24, 2.45) is 0 Å². The molecule has 0 aliphatic carbocycles. The van der Waals surface area contributed by atoms with Crippen LogP contribution in [0.15, 0.2) is 30.3 Å². The van der Waals surface area contributed by atoms with Crippen LogP contribution in [0, 0.1) is 0 Å². The number of benzene rings is 1. The van der Waals surface area contributed by atoms with E-state index in [4.69, 9.17) is 16.3 Å². The molecule has 0 unspecified atom stereocenters. The van der Waals surface area contributed by atoms with Gasteiger partial charge in [-0.2, -0.15) is 4.37 Å². The lowest BCUT2D eigenvalue weighted by Crippen LogP contribution is -1.81. The summed E-state index contributed by atoms with van der Waals surface area (Å²) in [5.74, 6) is 0.851. The van der Waals surface area contributed by atoms with E-state index in [-0.39, 0.29) is 0 Å². The topological polar surface area (TPSA) is 22.1 Å². The molecule has 4 heteroatoms. The zero-order chi connectivity index (χ0) is 9.97. The van der Waals surface area contributed by atoms with Crippen molar-refractivity contribution in [2.45, 2.75) is 0 Å². The van der Waals surface area contributed by atoms with Gasteiger partial charge < -0.3 is 4.74 Å². The Kier molecular flexibility index (Phi) is 2.70. The molecule has 0 N–H and O–H groups in total. The van der Waals surface area contributed by atoms with Gasteiger partial charge in [0.1, 0.15) is 10.9 Å². The number of hydrogen-bond donors (Lipinski definition) is 0. The molecule has 0 radical (unpaired) electrons. The van der Waals surface area contributed by atoms with Crippen molar-refractivity contribution in [3.05, 3.63) is 35.5 Å². The second kappa shape index (κ2) is 3.98. The van der Waals surface area contributed by atoms with Crippen LogP contribution in [0.1, 0.15) is 0 Å². The molecule has 72 valence electrons. The van der Waals surface area contributed by atoms with Crippen LogP contribution < -0.4 is 4.74 Å². The monoisotopic (exact) mass is 225 g/mol. The fourth-order valence-electron chi connectivity index (χ4n) is 1.14. The summed E-state index contributed by atoms with van der Waals surface area (Å²) in [5, 5.41) is 0.542. The SMILES string of the molecule is COc1ccc(-c2cc(Cl)ns2)cc1. The predicted molar refractivity (Wildman–Crippen MR) is 59.1 cm³/mol. The summed E-state index contributed by atoms with van der Waals surface area (Å²) in [6.45, 7) is 0. The smallest absolute Gasteiger partial charge is 0.143 e. The lowest BCUT2D eigenvalue weighted by molar-refractivity contribution is 0.415. The van der Waals surface area contributed by atoms with E-state index in [1.54, 1.807) is 7.11 Å². The van der Waals surface area contributed by atoms with Crippen molar-refractivity contribution in [1.29, 1.82) is 0 Å². The van der Waals surface area contributed by atoms with Gasteiger partial charge in [0.2, 0.25) is 0 Å². The van der Waals surface area contributed by atoms with Gasteiger partial charge in [0.15, 0.2) is 0 Å². The molecule has 14 heavy (non-hydrogen) atoms. The number of rotatable bonds is 2. The predicted octanol–water partition coefficient (Wildman–Crippen LogP) is 3.47. The van der Waals surface area contributed by atoms with E-state index in [0.29, 0.717) is 5.15 Å². The van der Waals surface area contributed by atoms with E-state index in [1.807, 2.05) is 30.3 Å². The molecular weight excluding hydrogens is 218 g/mol. The van der Waals surface area contributed by atoms with Crippen LogP contribution in [0.4, 0.5) is 0 Å². The molecule has 0 spiro atoms. The van der Waals surface area contributed by atoms with Gasteiger partial charge in [-0.25, -0.2) is 0 Å². The number of hydrogen-bond acceptors (Lipinski definition) is 3. The normalized spacial score (nSPS) is 10.1. The molecule has 0 saturated carbocycles. The molecule has 0 atom stereocenters. The summed E-state index contributed by atoms with van der Waals surface area (Å²) < 4.78 is 9.08. The van der Waals surface area contributed by atoms with Gasteiger partial charge in [-0.05, 0) is 47.4 Å². The molecular formula is C10H8ClNOS. The maximum Gasteiger partial charge on any atom is 0.143 e. The van der Waals surface area contributed by atoms with E-state index < -0.39 is 0 Å². The van der Waals surface area contributed by atoms with Crippen LogP contribution >= 0.6 is 23.1 Å². The molecule has 0 bridgehead atoms. The van der Waals surface area contributed by atoms with Crippen LogP contribution in [0.3, 0.4) is 0 Å². The molecule has 2 aromatic rings. The van der Waals surface area contributed by atoms with Crippen LogP contribution in [0.5, 0.6) is 5.75 Å². The van der Waals surface area contributed by atoms with Gasteiger partial charge in [0.05, 0.1) is 12.0 Å². The third-order valence-electron chi connectivity index (χ3n) is 1.86. The van der Waals surface area contributed by atoms with Crippen LogP contribution in [0.25, 0.3) is 10.4 Å². The Bertz CT molecular complexity index is 424. The second-order valence-corrected chi connectivity index (χ2v) is 3.93. The Morgan fingerprint density at radius 2 is 2.00 bits per heavy atom. The first kappa shape index (κ1) is 9.49. The highest BCUT2D eigenvalue weighted by Gasteiger charge is 2.02. The van der Waals surface area contributed by atoms with Gasteiger partial charge in [-0.3, -0.25) is 0 Å². The molecule has 2 nitrogen and oxygen atoms in total. The number of halogens is 1. The number of methoxy groups -OCH3 is 1. The molecule has 0 amide bonds. The Balaban J connectivity index is 2.33. The van der Waals surface area contributed by atoms with Gasteiger partial charge in [0.25, 0.3) is 0 Å². The van der Waals surface area contributed by atoms with Crippen molar-refractivity contribution < 1.29 is 4.74 Å². The molecule has 0 fully saturated rings. The number of aromatic nitrogens is 1. The van der Waals surface area contributed by atoms with Crippen LogP contribution in [-0.2, 0) is 0 Å². The highest BCUT2D eigenvalue weighted by molar-refractivity contribution is 7.09. The zero-order valence-corrected chi connectivity index (χ0v) is 9.10. The highest BCUT2D eigenvalue weighted by Crippen LogP contribution is 2.27. The third-order valence-corrected chi connectivity index (χ3v) is 2.99. The van der Waals surface area contributed by atoms with Gasteiger partial charge in [-0.15, -0.1) is 0 Å². The van der Waals surface area contributed by atoms with E-state index >= 15 is 0 Å². The van der Waals surface area contributed by atoms with E-state index in [2.05, 4.69) is 4.37 Å². The van der Waals surface area contributed by atoms with E-state index in [9.17, 15) is 0 Å². The first-order valence-corrected chi connectivity index (χ1v) is 5.21. The Labute approximate surface area is 91.3 Å². The van der Waals surface area contributed by atoms with Crippen molar-refractivity contribution in [2.75, 3.05) is 7.11 Å². The molecule has 0 aliphatic rings. The van der Waals surface area contributed by atoms with Crippen LogP contribution in [-0.4, -0.2) is 11.5 Å². The molecule has 1 aromatic carbocycles. The lowest BCUT2D eigenvalue weighted by Gasteiger charge is -1.99. The largest absolute Gasteiger partial charge is 0.497 e. The molecule has 0 saturated heterocycles. The number of ether oxygens (including phenoxy) is 1. The highest BCUT2D eigenvalue weighted by atomic mass is 35.5. The summed E-state index contributed by atoms with van der Waals surface area (Å²) in [7, 11) is 1.65. The first-order valence-electron chi connectivity index (χ1n) is 4.06. The second-order valence-electron chi connectivity index (χ2n) is 2.74. The minimum atomic E-state index is 0.542. The minimum absolute atomic E-state index is 0.542. The quantitative estimate of drug-likeness (QED) is 0.781. The van der Waals surface area contributed by atoms with Crippen molar-refractivity contribution in [3.8, 4) is 16.2 Å². The third kappa shape index (κ3) is 1.89. The van der Waals surface area contributed by atoms with Gasteiger partial charge in [-0.1, -0.05) is 11.6 Å². The van der Waals surface area contributed by atoms with E-state index in [0.717, 1.165) is 16.2 Å². The number of nitrogens with zero attached hydrogens (tertiary/aromatic N) is 1. The zero-order valence-electron chi connectivity index (χ0n) is 7.53. The van der Waals surface area contributed by atoms with Crippen LogP contribution in [0.2, 0.25) is 5.15 Å². The maximum absolute atomic E-state index is 5.74. The summed E-state index contributed by atoms with van der Waals surface area (Å²) in [6.07, 6.45) is 0.